The highest BCUT2D eigenvalue weighted by atomic mass is 35.5. The van der Waals surface area contributed by atoms with Crippen LogP contribution in [0.3, 0.4) is 0 Å². The molecule has 1 aliphatic rings. The number of rotatable bonds is 6. The molecular weight excluding hydrogens is 375 g/mol. The third kappa shape index (κ3) is 3.59. The molecule has 1 aliphatic carbocycles. The van der Waals surface area contributed by atoms with Crippen LogP contribution in [0.5, 0.6) is 0 Å². The summed E-state index contributed by atoms with van der Waals surface area (Å²) in [5.41, 5.74) is 0.813. The second-order valence-electron chi connectivity index (χ2n) is 5.80. The van der Waals surface area contributed by atoms with Crippen LogP contribution in [0.25, 0.3) is 0 Å². The molecule has 11 heteroatoms. The lowest BCUT2D eigenvalue weighted by Crippen LogP contribution is -2.13. The van der Waals surface area contributed by atoms with E-state index < -0.39 is 18.7 Å². The van der Waals surface area contributed by atoms with Gasteiger partial charge in [0, 0.05) is 5.92 Å². The standard InChI is InChI=1S/C15H15ClF3N5O2/c1-6-8(5-24(23-6)13(19)12(17)18)20-14-10(15(25)26-2)21-11(16)9(22-14)7-3-4-7/h5,7,12-13H,3-4H2,1-2H3,(H,20,22). The summed E-state index contributed by atoms with van der Waals surface area (Å²) < 4.78 is 43.7. The smallest absolute Gasteiger partial charge is 0.360 e. The largest absolute Gasteiger partial charge is 0.464 e. The molecule has 0 saturated heterocycles. The fourth-order valence-corrected chi connectivity index (χ4v) is 2.63. The van der Waals surface area contributed by atoms with Gasteiger partial charge in [-0.15, -0.1) is 0 Å². The molecule has 0 bridgehead atoms. The number of anilines is 2. The average molecular weight is 390 g/mol. The first-order valence-corrected chi connectivity index (χ1v) is 8.10. The molecule has 3 rings (SSSR count). The van der Waals surface area contributed by atoms with Gasteiger partial charge in [-0.2, -0.15) is 5.10 Å². The highest BCUT2D eigenvalue weighted by molar-refractivity contribution is 6.30. The Hall–Kier alpha value is -2.36. The van der Waals surface area contributed by atoms with Crippen LogP contribution in [0.1, 0.15) is 46.9 Å². The average Bonchev–Trinajstić information content (AvgIpc) is 3.38. The lowest BCUT2D eigenvalue weighted by atomic mass is 10.3. The molecule has 2 heterocycles. The number of hydrogen-bond acceptors (Lipinski definition) is 6. The molecule has 7 nitrogen and oxygen atoms in total. The maximum absolute atomic E-state index is 13.5. The molecule has 0 amide bonds. The topological polar surface area (TPSA) is 81.9 Å². The summed E-state index contributed by atoms with van der Waals surface area (Å²) in [4.78, 5) is 20.3. The number of nitrogens with zero attached hydrogens (tertiary/aromatic N) is 4. The fraction of sp³-hybridized carbons (Fsp3) is 0.467. The van der Waals surface area contributed by atoms with Gasteiger partial charge in [-0.3, -0.25) is 0 Å². The highest BCUT2D eigenvalue weighted by Gasteiger charge is 2.31. The monoisotopic (exact) mass is 389 g/mol. The number of aromatic nitrogens is 4. The van der Waals surface area contributed by atoms with Gasteiger partial charge in [-0.25, -0.2) is 32.6 Å². The van der Waals surface area contributed by atoms with Crippen LogP contribution in [-0.4, -0.2) is 39.3 Å². The Balaban J connectivity index is 1.98. The van der Waals surface area contributed by atoms with Crippen molar-refractivity contribution in [2.75, 3.05) is 12.4 Å². The number of hydrogen-bond donors (Lipinski definition) is 1. The lowest BCUT2D eigenvalue weighted by molar-refractivity contribution is 0.000657. The molecule has 0 radical (unpaired) electrons. The van der Waals surface area contributed by atoms with Crippen molar-refractivity contribution in [3.8, 4) is 0 Å². The minimum absolute atomic E-state index is 0.0401. The highest BCUT2D eigenvalue weighted by Crippen LogP contribution is 2.42. The van der Waals surface area contributed by atoms with Crippen LogP contribution in [0, 0.1) is 6.92 Å². The van der Waals surface area contributed by atoms with Gasteiger partial charge >= 0.3 is 5.97 Å². The maximum atomic E-state index is 13.5. The van der Waals surface area contributed by atoms with Crippen LogP contribution >= 0.6 is 11.6 Å². The van der Waals surface area contributed by atoms with Crippen LogP contribution in [0.15, 0.2) is 6.20 Å². The predicted octanol–water partition coefficient (Wildman–Crippen LogP) is 3.78. The molecule has 1 N–H and O–H groups in total. The van der Waals surface area contributed by atoms with Crippen LogP contribution < -0.4 is 5.32 Å². The lowest BCUT2D eigenvalue weighted by Gasteiger charge is -2.11. The molecule has 0 aromatic carbocycles. The van der Waals surface area contributed by atoms with Crippen molar-refractivity contribution in [1.82, 2.24) is 19.7 Å². The first-order valence-electron chi connectivity index (χ1n) is 7.72. The van der Waals surface area contributed by atoms with E-state index >= 15 is 0 Å². The minimum Gasteiger partial charge on any atom is -0.464 e. The van der Waals surface area contributed by atoms with Crippen molar-refractivity contribution in [2.24, 2.45) is 0 Å². The maximum Gasteiger partial charge on any atom is 0.360 e. The van der Waals surface area contributed by atoms with Gasteiger partial charge in [0.05, 0.1) is 30.4 Å². The normalized spacial score (nSPS) is 15.2. The van der Waals surface area contributed by atoms with Gasteiger partial charge in [0.2, 0.25) is 0 Å². The Labute approximate surface area is 151 Å². The predicted molar refractivity (Wildman–Crippen MR) is 86.8 cm³/mol. The molecule has 0 aliphatic heterocycles. The van der Waals surface area contributed by atoms with Gasteiger partial charge in [0.25, 0.3) is 12.7 Å². The molecule has 0 spiro atoms. The van der Waals surface area contributed by atoms with Crippen molar-refractivity contribution < 1.29 is 22.7 Å². The molecule has 26 heavy (non-hydrogen) atoms. The number of carbonyl (C=O) groups is 1. The van der Waals surface area contributed by atoms with Crippen molar-refractivity contribution in [1.29, 1.82) is 0 Å². The summed E-state index contributed by atoms with van der Waals surface area (Å²) >= 11 is 6.09. The van der Waals surface area contributed by atoms with Crippen molar-refractivity contribution in [3.63, 3.8) is 0 Å². The van der Waals surface area contributed by atoms with E-state index in [1.165, 1.54) is 14.0 Å². The van der Waals surface area contributed by atoms with Gasteiger partial charge in [0.1, 0.15) is 0 Å². The van der Waals surface area contributed by atoms with Gasteiger partial charge in [-0.05, 0) is 19.8 Å². The SMILES string of the molecule is COC(=O)c1nc(Cl)c(C2CC2)nc1Nc1cn(C(F)C(F)F)nc1C. The number of halogens is 4. The van der Waals surface area contributed by atoms with Gasteiger partial charge in [-0.1, -0.05) is 11.6 Å². The number of ether oxygens (including phenoxy) is 1. The Kier molecular flexibility index (Phi) is 5.03. The van der Waals surface area contributed by atoms with E-state index in [1.54, 1.807) is 0 Å². The van der Waals surface area contributed by atoms with Crippen molar-refractivity contribution in [2.45, 2.75) is 38.4 Å². The summed E-state index contributed by atoms with van der Waals surface area (Å²) in [5, 5.41) is 6.62. The summed E-state index contributed by atoms with van der Waals surface area (Å²) in [7, 11) is 1.18. The van der Waals surface area contributed by atoms with E-state index in [9.17, 15) is 18.0 Å². The van der Waals surface area contributed by atoms with E-state index in [-0.39, 0.29) is 34.0 Å². The van der Waals surface area contributed by atoms with E-state index in [1.807, 2.05) is 0 Å². The van der Waals surface area contributed by atoms with Gasteiger partial charge < -0.3 is 10.1 Å². The fourth-order valence-electron chi connectivity index (χ4n) is 2.34. The molecular formula is C15H15ClF3N5O2. The second kappa shape index (κ2) is 7.10. The second-order valence-corrected chi connectivity index (χ2v) is 6.16. The Bertz CT molecular complexity index is 841. The summed E-state index contributed by atoms with van der Waals surface area (Å²) in [6.45, 7) is 1.50. The number of carbonyl (C=O) groups excluding carboxylic acids is 1. The third-order valence-corrected chi connectivity index (χ3v) is 4.13. The van der Waals surface area contributed by atoms with E-state index in [2.05, 4.69) is 25.1 Å². The zero-order valence-electron chi connectivity index (χ0n) is 13.8. The Morgan fingerprint density at radius 3 is 2.65 bits per heavy atom. The van der Waals surface area contributed by atoms with E-state index in [0.29, 0.717) is 10.4 Å². The third-order valence-electron chi connectivity index (χ3n) is 3.85. The quantitative estimate of drug-likeness (QED) is 0.757. The number of nitrogens with one attached hydrogen (secondary N) is 1. The van der Waals surface area contributed by atoms with Crippen molar-refractivity contribution >= 4 is 29.1 Å². The first kappa shape index (κ1) is 18.4. The molecule has 1 saturated carbocycles. The summed E-state index contributed by atoms with van der Waals surface area (Å²) in [6, 6.07) is 0. The number of methoxy groups -OCH3 is 1. The van der Waals surface area contributed by atoms with Crippen LogP contribution in [-0.2, 0) is 4.74 Å². The number of esters is 1. The van der Waals surface area contributed by atoms with E-state index in [0.717, 1.165) is 19.0 Å². The molecule has 2 aromatic heterocycles. The molecule has 2 aromatic rings. The van der Waals surface area contributed by atoms with E-state index in [4.69, 9.17) is 11.6 Å². The summed E-state index contributed by atoms with van der Waals surface area (Å²) in [6.07, 6.45) is -2.92. The van der Waals surface area contributed by atoms with Crippen molar-refractivity contribution in [3.05, 3.63) is 28.4 Å². The summed E-state index contributed by atoms with van der Waals surface area (Å²) in [5.74, 6) is -0.580. The molecule has 1 unspecified atom stereocenters. The number of aryl methyl sites for hydroxylation is 1. The first-order chi connectivity index (χ1) is 12.3. The molecule has 140 valence electrons. The van der Waals surface area contributed by atoms with Crippen LogP contribution in [0.2, 0.25) is 5.15 Å². The minimum atomic E-state index is -3.22. The number of alkyl halides is 3. The van der Waals surface area contributed by atoms with Crippen LogP contribution in [0.4, 0.5) is 24.7 Å². The van der Waals surface area contributed by atoms with Gasteiger partial charge in [0.15, 0.2) is 16.7 Å². The Morgan fingerprint density at radius 1 is 1.38 bits per heavy atom. The Morgan fingerprint density at radius 2 is 2.08 bits per heavy atom. The zero-order chi connectivity index (χ0) is 19.0. The molecule has 1 fully saturated rings. The molecule has 1 atom stereocenters. The zero-order valence-corrected chi connectivity index (χ0v) is 14.6.